The molecule has 0 aliphatic carbocycles. The molecule has 9 heteroatoms. The molecule has 2 amide bonds. The van der Waals surface area contributed by atoms with Crippen LogP contribution in [0.25, 0.3) is 11.1 Å². The van der Waals surface area contributed by atoms with Crippen molar-refractivity contribution in [3.05, 3.63) is 40.2 Å². The van der Waals surface area contributed by atoms with Gasteiger partial charge in [-0.15, -0.1) is 11.3 Å². The zero-order valence-electron chi connectivity index (χ0n) is 14.9. The summed E-state index contributed by atoms with van der Waals surface area (Å²) in [4.78, 5) is 35.8. The van der Waals surface area contributed by atoms with Crippen molar-refractivity contribution in [3.63, 3.8) is 0 Å². The summed E-state index contributed by atoms with van der Waals surface area (Å²) in [6.45, 7) is 1.86. The number of ether oxygens (including phenoxy) is 1. The Morgan fingerprint density at radius 1 is 1.11 bits per heavy atom. The monoisotopic (exact) mass is 409 g/mol. The van der Waals surface area contributed by atoms with Gasteiger partial charge >= 0.3 is 5.97 Å². The van der Waals surface area contributed by atoms with E-state index in [4.69, 9.17) is 16.3 Å². The maximum absolute atomic E-state index is 12.5. The van der Waals surface area contributed by atoms with Gasteiger partial charge in [-0.1, -0.05) is 29.8 Å². The third-order valence-electron chi connectivity index (χ3n) is 3.54. The lowest BCUT2D eigenvalue weighted by molar-refractivity contribution is -0.120. The van der Waals surface area contributed by atoms with Crippen molar-refractivity contribution >= 4 is 45.7 Å². The topological polar surface area (TPSA) is 96.5 Å². The van der Waals surface area contributed by atoms with Crippen molar-refractivity contribution in [1.82, 2.24) is 10.6 Å². The fourth-order valence-electron chi connectivity index (χ4n) is 2.28. The maximum Gasteiger partial charge on any atom is 0.341 e. The van der Waals surface area contributed by atoms with Crippen LogP contribution < -0.4 is 16.0 Å². The van der Waals surface area contributed by atoms with Gasteiger partial charge in [-0.05, 0) is 13.0 Å². The van der Waals surface area contributed by atoms with Crippen LogP contribution in [0.4, 0.5) is 5.00 Å². The molecule has 0 fully saturated rings. The Kier molecular flexibility index (Phi) is 7.78. The second kappa shape index (κ2) is 10.1. The van der Waals surface area contributed by atoms with Crippen molar-refractivity contribution in [3.8, 4) is 11.1 Å². The summed E-state index contributed by atoms with van der Waals surface area (Å²) in [6.07, 6.45) is 0. The van der Waals surface area contributed by atoms with Gasteiger partial charge in [-0.2, -0.15) is 0 Å². The van der Waals surface area contributed by atoms with Gasteiger partial charge in [0, 0.05) is 28.6 Å². The van der Waals surface area contributed by atoms with E-state index in [1.807, 2.05) is 6.07 Å². The molecule has 0 spiro atoms. The smallest absolute Gasteiger partial charge is 0.341 e. The van der Waals surface area contributed by atoms with Crippen LogP contribution in [0.15, 0.2) is 29.6 Å². The second-order valence-corrected chi connectivity index (χ2v) is 6.67. The number of amides is 2. The predicted molar refractivity (Wildman–Crippen MR) is 106 cm³/mol. The van der Waals surface area contributed by atoms with Crippen molar-refractivity contribution < 1.29 is 19.1 Å². The van der Waals surface area contributed by atoms with Gasteiger partial charge in [-0.25, -0.2) is 4.79 Å². The van der Waals surface area contributed by atoms with Crippen molar-refractivity contribution in [1.29, 1.82) is 0 Å². The number of nitrogens with one attached hydrogen (secondary N) is 3. The molecular weight excluding hydrogens is 390 g/mol. The maximum atomic E-state index is 12.5. The molecule has 0 saturated heterocycles. The van der Waals surface area contributed by atoms with E-state index in [0.29, 0.717) is 21.2 Å². The van der Waals surface area contributed by atoms with Gasteiger partial charge in [0.25, 0.3) is 0 Å². The first-order chi connectivity index (χ1) is 13.0. The first-order valence-electron chi connectivity index (χ1n) is 8.22. The number of hydrogen-bond acceptors (Lipinski definition) is 6. The molecule has 3 N–H and O–H groups in total. The van der Waals surface area contributed by atoms with Crippen LogP contribution in [0.1, 0.15) is 17.3 Å². The van der Waals surface area contributed by atoms with Crippen LogP contribution in [-0.4, -0.2) is 44.5 Å². The number of benzene rings is 1. The highest BCUT2D eigenvalue weighted by atomic mass is 35.5. The molecule has 0 aliphatic rings. The Bertz CT molecular complexity index is 838. The average Bonchev–Trinajstić information content (AvgIpc) is 3.05. The minimum absolute atomic E-state index is 0.0178. The summed E-state index contributed by atoms with van der Waals surface area (Å²) in [5, 5.41) is 10.5. The Morgan fingerprint density at radius 3 is 2.48 bits per heavy atom. The summed E-state index contributed by atoms with van der Waals surface area (Å²) in [7, 11) is 1.51. The van der Waals surface area contributed by atoms with E-state index in [-0.39, 0.29) is 37.1 Å². The number of carbonyl (C=O) groups is 3. The Hall–Kier alpha value is -2.42. The molecule has 0 atom stereocenters. The van der Waals surface area contributed by atoms with Gasteiger partial charge in [0.05, 0.1) is 19.7 Å². The van der Waals surface area contributed by atoms with Gasteiger partial charge in [0.15, 0.2) is 0 Å². The van der Waals surface area contributed by atoms with E-state index >= 15 is 0 Å². The lowest BCUT2D eigenvalue weighted by Gasteiger charge is -2.10. The third kappa shape index (κ3) is 5.53. The summed E-state index contributed by atoms with van der Waals surface area (Å²) < 4.78 is 5.14. The molecule has 0 aliphatic heterocycles. The van der Waals surface area contributed by atoms with Crippen LogP contribution in [0.3, 0.4) is 0 Å². The van der Waals surface area contributed by atoms with E-state index in [1.54, 1.807) is 30.5 Å². The summed E-state index contributed by atoms with van der Waals surface area (Å²) in [5.74, 6) is -1.15. The lowest BCUT2D eigenvalue weighted by Crippen LogP contribution is -2.36. The lowest BCUT2D eigenvalue weighted by atomic mass is 10.0. The van der Waals surface area contributed by atoms with Crippen molar-refractivity contribution in [2.75, 3.05) is 32.1 Å². The molecule has 1 aromatic heterocycles. The van der Waals surface area contributed by atoms with E-state index in [2.05, 4.69) is 16.0 Å². The number of likely N-dealkylation sites (N-methyl/N-ethyl adjacent to an activating group) is 1. The zero-order valence-corrected chi connectivity index (χ0v) is 16.5. The van der Waals surface area contributed by atoms with Crippen LogP contribution in [0.2, 0.25) is 5.02 Å². The molecule has 2 aromatic rings. The molecule has 27 heavy (non-hydrogen) atoms. The Balaban J connectivity index is 2.24. The highest BCUT2D eigenvalue weighted by Gasteiger charge is 2.23. The molecule has 0 unspecified atom stereocenters. The standard InChI is InChI=1S/C18H20ClN3O4S/c1-3-26-18(25)16-12(11-6-4-5-7-13(11)19)10-27-17(16)22-15(24)9-21-8-14(23)20-2/h4-7,10,21H,3,8-9H2,1-2H3,(H,20,23)(H,22,24). The van der Waals surface area contributed by atoms with E-state index in [0.717, 1.165) is 0 Å². The molecule has 0 radical (unpaired) electrons. The van der Waals surface area contributed by atoms with E-state index in [9.17, 15) is 14.4 Å². The number of thiophene rings is 1. The quantitative estimate of drug-likeness (QED) is 0.582. The van der Waals surface area contributed by atoms with E-state index < -0.39 is 5.97 Å². The predicted octanol–water partition coefficient (Wildman–Crippen LogP) is 2.52. The zero-order chi connectivity index (χ0) is 19.8. The van der Waals surface area contributed by atoms with Gasteiger partial charge in [0.2, 0.25) is 11.8 Å². The Morgan fingerprint density at radius 2 is 1.81 bits per heavy atom. The number of anilines is 1. The van der Waals surface area contributed by atoms with Crippen LogP contribution in [-0.2, 0) is 14.3 Å². The minimum Gasteiger partial charge on any atom is -0.462 e. The third-order valence-corrected chi connectivity index (χ3v) is 4.76. The highest BCUT2D eigenvalue weighted by Crippen LogP contribution is 2.39. The first kappa shape index (κ1) is 20.9. The summed E-state index contributed by atoms with van der Waals surface area (Å²) in [6, 6.07) is 7.13. The molecule has 144 valence electrons. The van der Waals surface area contributed by atoms with Crippen LogP contribution in [0, 0.1) is 0 Å². The molecule has 7 nitrogen and oxygen atoms in total. The number of rotatable bonds is 8. The highest BCUT2D eigenvalue weighted by molar-refractivity contribution is 7.15. The number of halogens is 1. The molecule has 1 aromatic carbocycles. The summed E-state index contributed by atoms with van der Waals surface area (Å²) in [5.41, 5.74) is 1.53. The van der Waals surface area contributed by atoms with Crippen LogP contribution in [0.5, 0.6) is 0 Å². The first-order valence-corrected chi connectivity index (χ1v) is 9.48. The fraction of sp³-hybridized carbons (Fsp3) is 0.278. The van der Waals surface area contributed by atoms with Crippen molar-refractivity contribution in [2.24, 2.45) is 0 Å². The molecule has 0 bridgehead atoms. The van der Waals surface area contributed by atoms with Gasteiger partial charge in [0.1, 0.15) is 10.6 Å². The average molecular weight is 410 g/mol. The number of carbonyl (C=O) groups excluding carboxylic acids is 3. The second-order valence-electron chi connectivity index (χ2n) is 5.38. The Labute approximate surface area is 166 Å². The van der Waals surface area contributed by atoms with Gasteiger partial charge in [-0.3, -0.25) is 14.9 Å². The fourth-order valence-corrected chi connectivity index (χ4v) is 3.48. The molecular formula is C18H20ClN3O4S. The van der Waals surface area contributed by atoms with Crippen molar-refractivity contribution in [2.45, 2.75) is 6.92 Å². The van der Waals surface area contributed by atoms with Crippen LogP contribution >= 0.6 is 22.9 Å². The number of esters is 1. The van der Waals surface area contributed by atoms with E-state index in [1.165, 1.54) is 18.4 Å². The normalized spacial score (nSPS) is 10.3. The SMILES string of the molecule is CCOC(=O)c1c(-c2ccccc2Cl)csc1NC(=O)CNCC(=O)NC. The largest absolute Gasteiger partial charge is 0.462 e. The minimum atomic E-state index is -0.540. The molecule has 0 saturated carbocycles. The molecule has 2 rings (SSSR count). The number of hydrogen-bond donors (Lipinski definition) is 3. The van der Waals surface area contributed by atoms with Gasteiger partial charge < -0.3 is 15.4 Å². The summed E-state index contributed by atoms with van der Waals surface area (Å²) >= 11 is 7.46. The molecule has 1 heterocycles.